The molecule has 130 valence electrons. The topological polar surface area (TPSA) is 88.0 Å². The van der Waals surface area contributed by atoms with Crippen LogP contribution in [-0.2, 0) is 9.53 Å². The quantitative estimate of drug-likeness (QED) is 0.640. The highest BCUT2D eigenvalue weighted by Crippen LogP contribution is 2.29. The minimum absolute atomic E-state index is 0.00591. The van der Waals surface area contributed by atoms with E-state index in [0.717, 1.165) is 0 Å². The third-order valence-electron chi connectivity index (χ3n) is 3.66. The third-order valence-corrected chi connectivity index (χ3v) is 3.66. The molecule has 0 atom stereocenters. The molecule has 0 fully saturated rings. The normalized spacial score (nSPS) is 11.9. The highest BCUT2D eigenvalue weighted by Gasteiger charge is 2.25. The standard InChI is InChI=1S/C17H27NO5/c1-6-17(4,5)16(21)18-12-7-8-14(13(9-12)15(19)20)23-10-22-11(2)3/h7-9,11,15,19-20H,6,10H2,1-5H3,(H,18,21). The van der Waals surface area contributed by atoms with Crippen LogP contribution in [-0.4, -0.2) is 29.0 Å². The van der Waals surface area contributed by atoms with Crippen LogP contribution in [0.15, 0.2) is 18.2 Å². The van der Waals surface area contributed by atoms with Crippen molar-refractivity contribution in [2.45, 2.75) is 53.4 Å². The summed E-state index contributed by atoms with van der Waals surface area (Å²) in [6, 6.07) is 4.71. The summed E-state index contributed by atoms with van der Waals surface area (Å²) < 4.78 is 10.7. The number of aliphatic hydroxyl groups excluding tert-OH is 1. The van der Waals surface area contributed by atoms with Crippen molar-refractivity contribution in [1.82, 2.24) is 0 Å². The number of carbonyl (C=O) groups excluding carboxylic acids is 1. The lowest BCUT2D eigenvalue weighted by Gasteiger charge is -2.22. The van der Waals surface area contributed by atoms with Crippen molar-refractivity contribution < 1.29 is 24.5 Å². The fourth-order valence-corrected chi connectivity index (χ4v) is 1.65. The summed E-state index contributed by atoms with van der Waals surface area (Å²) in [6.07, 6.45) is -1.00. The molecule has 0 spiro atoms. The molecule has 1 aromatic rings. The molecule has 0 bridgehead atoms. The van der Waals surface area contributed by atoms with Gasteiger partial charge in [0.25, 0.3) is 0 Å². The van der Waals surface area contributed by atoms with Gasteiger partial charge in [-0.25, -0.2) is 0 Å². The average Bonchev–Trinajstić information content (AvgIpc) is 2.47. The second-order valence-electron chi connectivity index (χ2n) is 6.30. The number of nitrogens with one attached hydrogen (secondary N) is 1. The lowest BCUT2D eigenvalue weighted by atomic mass is 9.89. The van der Waals surface area contributed by atoms with Gasteiger partial charge in [-0.15, -0.1) is 0 Å². The van der Waals surface area contributed by atoms with Crippen LogP contribution in [0.4, 0.5) is 5.69 Å². The summed E-state index contributed by atoms with van der Waals surface area (Å²) in [5.74, 6) is 0.170. The molecule has 0 saturated heterocycles. The molecule has 0 aliphatic heterocycles. The molecular formula is C17H27NO5. The van der Waals surface area contributed by atoms with Gasteiger partial charge in [0, 0.05) is 11.1 Å². The van der Waals surface area contributed by atoms with Gasteiger partial charge in [-0.05, 0) is 38.5 Å². The van der Waals surface area contributed by atoms with E-state index in [4.69, 9.17) is 9.47 Å². The van der Waals surface area contributed by atoms with E-state index < -0.39 is 11.7 Å². The minimum atomic E-state index is -1.71. The molecule has 0 radical (unpaired) electrons. The molecule has 23 heavy (non-hydrogen) atoms. The molecule has 1 rings (SSSR count). The number of aliphatic hydroxyl groups is 2. The Hall–Kier alpha value is -1.63. The largest absolute Gasteiger partial charge is 0.467 e. The SMILES string of the molecule is CCC(C)(C)C(=O)Nc1ccc(OCOC(C)C)c(C(O)O)c1. The average molecular weight is 325 g/mol. The Balaban J connectivity index is 2.89. The Kier molecular flexibility index (Phi) is 7.00. The molecule has 0 aliphatic carbocycles. The zero-order valence-electron chi connectivity index (χ0n) is 14.4. The van der Waals surface area contributed by atoms with E-state index in [1.807, 2.05) is 34.6 Å². The number of carbonyl (C=O) groups is 1. The summed E-state index contributed by atoms with van der Waals surface area (Å²) in [6.45, 7) is 9.40. The van der Waals surface area contributed by atoms with E-state index in [0.29, 0.717) is 17.9 Å². The molecule has 0 aromatic heterocycles. The van der Waals surface area contributed by atoms with E-state index >= 15 is 0 Å². The first kappa shape index (κ1) is 19.4. The van der Waals surface area contributed by atoms with Crippen LogP contribution in [0.5, 0.6) is 5.75 Å². The molecule has 6 nitrogen and oxygen atoms in total. The maximum absolute atomic E-state index is 12.2. The van der Waals surface area contributed by atoms with Crippen molar-refractivity contribution in [3.8, 4) is 5.75 Å². The molecule has 1 aromatic carbocycles. The molecule has 6 heteroatoms. The van der Waals surface area contributed by atoms with Gasteiger partial charge in [0.2, 0.25) is 5.91 Å². The Morgan fingerprint density at radius 2 is 1.96 bits per heavy atom. The van der Waals surface area contributed by atoms with E-state index in [9.17, 15) is 15.0 Å². The summed E-state index contributed by atoms with van der Waals surface area (Å²) in [5.41, 5.74) is 0.152. The van der Waals surface area contributed by atoms with Gasteiger partial charge in [0.1, 0.15) is 5.75 Å². The van der Waals surface area contributed by atoms with E-state index in [1.165, 1.54) is 6.07 Å². The summed E-state index contributed by atoms with van der Waals surface area (Å²) in [4.78, 5) is 12.2. The lowest BCUT2D eigenvalue weighted by Crippen LogP contribution is -2.30. The van der Waals surface area contributed by atoms with E-state index in [-0.39, 0.29) is 24.4 Å². The highest BCUT2D eigenvalue weighted by molar-refractivity contribution is 5.94. The summed E-state index contributed by atoms with van der Waals surface area (Å²) in [5, 5.41) is 21.8. The van der Waals surface area contributed by atoms with Crippen LogP contribution >= 0.6 is 0 Å². The monoisotopic (exact) mass is 325 g/mol. The van der Waals surface area contributed by atoms with E-state index in [1.54, 1.807) is 12.1 Å². The zero-order valence-corrected chi connectivity index (χ0v) is 14.4. The number of amides is 1. The summed E-state index contributed by atoms with van der Waals surface area (Å²) >= 11 is 0. The van der Waals surface area contributed by atoms with Gasteiger partial charge in [-0.1, -0.05) is 20.8 Å². The van der Waals surface area contributed by atoms with Gasteiger partial charge < -0.3 is 25.0 Å². The van der Waals surface area contributed by atoms with Gasteiger partial charge >= 0.3 is 0 Å². The van der Waals surface area contributed by atoms with Gasteiger partial charge in [-0.2, -0.15) is 0 Å². The van der Waals surface area contributed by atoms with Crippen LogP contribution in [0.25, 0.3) is 0 Å². The Morgan fingerprint density at radius 1 is 1.30 bits per heavy atom. The van der Waals surface area contributed by atoms with Crippen molar-refractivity contribution >= 4 is 11.6 Å². The van der Waals surface area contributed by atoms with Gasteiger partial charge in [0.05, 0.1) is 11.7 Å². The van der Waals surface area contributed by atoms with Gasteiger partial charge in [-0.3, -0.25) is 4.79 Å². The first-order valence-electron chi connectivity index (χ1n) is 7.73. The van der Waals surface area contributed by atoms with Crippen LogP contribution < -0.4 is 10.1 Å². The van der Waals surface area contributed by atoms with Crippen LogP contribution in [0.1, 0.15) is 52.9 Å². The number of benzene rings is 1. The zero-order chi connectivity index (χ0) is 17.6. The number of hydrogen-bond donors (Lipinski definition) is 3. The maximum atomic E-state index is 12.2. The van der Waals surface area contributed by atoms with Crippen molar-refractivity contribution in [2.75, 3.05) is 12.1 Å². The number of hydrogen-bond acceptors (Lipinski definition) is 5. The molecule has 0 aliphatic rings. The predicted octanol–water partition coefficient (Wildman–Crippen LogP) is 2.81. The predicted molar refractivity (Wildman–Crippen MR) is 88.0 cm³/mol. The molecule has 0 heterocycles. The lowest BCUT2D eigenvalue weighted by molar-refractivity contribution is -0.124. The molecule has 3 N–H and O–H groups in total. The summed E-state index contributed by atoms with van der Waals surface area (Å²) in [7, 11) is 0. The number of anilines is 1. The first-order valence-corrected chi connectivity index (χ1v) is 7.73. The molecule has 0 saturated carbocycles. The van der Waals surface area contributed by atoms with Crippen LogP contribution in [0.3, 0.4) is 0 Å². The van der Waals surface area contributed by atoms with Crippen molar-refractivity contribution in [1.29, 1.82) is 0 Å². The first-order chi connectivity index (χ1) is 10.7. The smallest absolute Gasteiger partial charge is 0.230 e. The van der Waals surface area contributed by atoms with Crippen LogP contribution in [0, 0.1) is 5.41 Å². The number of ether oxygens (including phenoxy) is 2. The van der Waals surface area contributed by atoms with Crippen molar-refractivity contribution in [3.63, 3.8) is 0 Å². The Labute approximate surface area is 137 Å². The molecule has 0 unspecified atom stereocenters. The van der Waals surface area contributed by atoms with Gasteiger partial charge in [0.15, 0.2) is 13.1 Å². The third kappa shape index (κ3) is 5.82. The second kappa shape index (κ2) is 8.29. The maximum Gasteiger partial charge on any atom is 0.230 e. The second-order valence-corrected chi connectivity index (χ2v) is 6.30. The molecule has 1 amide bonds. The highest BCUT2D eigenvalue weighted by atomic mass is 16.7. The van der Waals surface area contributed by atoms with Crippen LogP contribution in [0.2, 0.25) is 0 Å². The minimum Gasteiger partial charge on any atom is -0.467 e. The van der Waals surface area contributed by atoms with E-state index in [2.05, 4.69) is 5.32 Å². The van der Waals surface area contributed by atoms with Crippen molar-refractivity contribution in [2.24, 2.45) is 5.41 Å². The fraction of sp³-hybridized carbons (Fsp3) is 0.588. The van der Waals surface area contributed by atoms with Crippen molar-refractivity contribution in [3.05, 3.63) is 23.8 Å². The fourth-order valence-electron chi connectivity index (χ4n) is 1.65. The molecular weight excluding hydrogens is 298 g/mol. The number of rotatable bonds is 8. The Morgan fingerprint density at radius 3 is 2.48 bits per heavy atom. The Bertz CT molecular complexity index is 526.